The zero-order valence-electron chi connectivity index (χ0n) is 22.0. The normalized spacial score (nSPS) is 12.5. The minimum atomic E-state index is -2.05. The molecule has 4 nitrogen and oxygen atoms in total. The van der Waals surface area contributed by atoms with Crippen molar-refractivity contribution in [1.29, 1.82) is 0 Å². The molecule has 0 saturated carbocycles. The van der Waals surface area contributed by atoms with Crippen molar-refractivity contribution in [1.82, 2.24) is 0 Å². The summed E-state index contributed by atoms with van der Waals surface area (Å²) in [7, 11) is 0. The van der Waals surface area contributed by atoms with Gasteiger partial charge in [0.05, 0.1) is 0 Å². The van der Waals surface area contributed by atoms with Gasteiger partial charge in [-0.2, -0.15) is 0 Å². The second-order valence-electron chi connectivity index (χ2n) is 11.2. The third-order valence-electron chi connectivity index (χ3n) is 9.04. The van der Waals surface area contributed by atoms with E-state index in [1.54, 1.807) is 0 Å². The summed E-state index contributed by atoms with van der Waals surface area (Å²) in [6.45, 7) is 0. The van der Waals surface area contributed by atoms with Crippen molar-refractivity contribution in [2.45, 2.75) is 12.8 Å². The quantitative estimate of drug-likeness (QED) is 0.166. The molecule has 2 N–H and O–H groups in total. The van der Waals surface area contributed by atoms with Gasteiger partial charge in [-0.15, -0.1) is 0 Å². The predicted molar refractivity (Wildman–Crippen MR) is 165 cm³/mol. The van der Waals surface area contributed by atoms with Crippen LogP contribution in [0.3, 0.4) is 0 Å². The van der Waals surface area contributed by atoms with Crippen LogP contribution in [0.25, 0.3) is 64.6 Å². The smallest absolute Gasteiger partial charge is 0.321 e. The standard InChI is InChI=1S/C37H24O4/c38-35(39)37(36(40)41,19-27-13-11-25-9-7-21-3-1-5-23-15-17-29(27)33(25)31(21)23)20-28-14-12-26-10-8-22-4-2-6-24-16-18-30(28)34(26)32(22)24/h1-18H,19-20H2,(H,38,39)(H,40,41). The number of aliphatic carboxylic acids is 2. The first-order chi connectivity index (χ1) is 19.9. The summed E-state index contributed by atoms with van der Waals surface area (Å²) < 4.78 is 0. The lowest BCUT2D eigenvalue weighted by atomic mass is 9.74. The molecule has 0 radical (unpaired) electrons. The molecule has 4 heteroatoms. The number of carboxylic acid groups (broad SMARTS) is 2. The van der Waals surface area contributed by atoms with Crippen molar-refractivity contribution in [3.05, 3.63) is 120 Å². The molecule has 0 aromatic heterocycles. The molecule has 8 rings (SSSR count). The summed E-state index contributed by atoms with van der Waals surface area (Å²) in [5, 5.41) is 33.9. The Balaban J connectivity index is 1.33. The van der Waals surface area contributed by atoms with E-state index >= 15 is 0 Å². The molecule has 0 amide bonds. The highest BCUT2D eigenvalue weighted by Gasteiger charge is 2.47. The van der Waals surface area contributed by atoms with Crippen LogP contribution in [0.2, 0.25) is 0 Å². The molecule has 0 fully saturated rings. The molecule has 0 saturated heterocycles. The highest BCUT2D eigenvalue weighted by Crippen LogP contribution is 2.41. The van der Waals surface area contributed by atoms with Crippen LogP contribution >= 0.6 is 0 Å². The molecule has 8 aromatic carbocycles. The fraction of sp³-hybridized carbons (Fsp3) is 0.0811. The van der Waals surface area contributed by atoms with Gasteiger partial charge in [0.15, 0.2) is 5.41 Å². The van der Waals surface area contributed by atoms with Crippen molar-refractivity contribution in [3.63, 3.8) is 0 Å². The van der Waals surface area contributed by atoms with Gasteiger partial charge in [-0.3, -0.25) is 9.59 Å². The highest BCUT2D eigenvalue weighted by molar-refractivity contribution is 6.25. The number of benzene rings is 8. The minimum Gasteiger partial charge on any atom is -0.480 e. The van der Waals surface area contributed by atoms with E-state index in [1.165, 1.54) is 0 Å². The number of hydrogen-bond donors (Lipinski definition) is 2. The van der Waals surface area contributed by atoms with Crippen LogP contribution in [0, 0.1) is 5.41 Å². The van der Waals surface area contributed by atoms with Crippen LogP contribution in [0.5, 0.6) is 0 Å². The summed E-state index contributed by atoms with van der Waals surface area (Å²) in [5.41, 5.74) is -0.609. The van der Waals surface area contributed by atoms with Gasteiger partial charge in [0.1, 0.15) is 0 Å². The monoisotopic (exact) mass is 532 g/mol. The Labute approximate surface area is 234 Å². The molecule has 0 aliphatic rings. The van der Waals surface area contributed by atoms with E-state index < -0.39 is 17.4 Å². The fourth-order valence-electron chi connectivity index (χ4n) is 7.01. The summed E-state index contributed by atoms with van der Waals surface area (Å²) in [6.07, 6.45) is -0.262. The summed E-state index contributed by atoms with van der Waals surface area (Å²) in [4.78, 5) is 26.1. The SMILES string of the molecule is O=C(O)C(Cc1ccc2ccc3cccc4ccc1c2c34)(Cc1ccc2ccc3cccc4ccc1c2c34)C(=O)O. The van der Waals surface area contributed by atoms with E-state index in [0.29, 0.717) is 0 Å². The molecular weight excluding hydrogens is 508 g/mol. The Morgan fingerprint density at radius 2 is 0.756 bits per heavy atom. The predicted octanol–water partition coefficient (Wildman–Crippen LogP) is 8.42. The maximum absolute atomic E-state index is 13.0. The first-order valence-corrected chi connectivity index (χ1v) is 13.7. The Morgan fingerprint density at radius 3 is 1.12 bits per heavy atom. The van der Waals surface area contributed by atoms with Crippen molar-refractivity contribution in [2.75, 3.05) is 0 Å². The van der Waals surface area contributed by atoms with E-state index in [4.69, 9.17) is 0 Å². The molecule has 0 unspecified atom stereocenters. The first-order valence-electron chi connectivity index (χ1n) is 13.7. The van der Waals surface area contributed by atoms with E-state index in [2.05, 4.69) is 48.5 Å². The van der Waals surface area contributed by atoms with Crippen LogP contribution in [-0.4, -0.2) is 22.2 Å². The zero-order chi connectivity index (χ0) is 27.9. The molecule has 0 atom stereocenters. The van der Waals surface area contributed by atoms with Crippen LogP contribution in [0.1, 0.15) is 11.1 Å². The molecule has 196 valence electrons. The lowest BCUT2D eigenvalue weighted by Gasteiger charge is -2.27. The zero-order valence-corrected chi connectivity index (χ0v) is 22.0. The van der Waals surface area contributed by atoms with Gasteiger partial charge < -0.3 is 10.2 Å². The molecule has 8 aromatic rings. The summed E-state index contributed by atoms with van der Waals surface area (Å²) in [5.74, 6) is -2.66. The molecule has 0 spiro atoms. The average molecular weight is 533 g/mol. The molecule has 0 aliphatic carbocycles. The summed E-state index contributed by atoms with van der Waals surface area (Å²) in [6, 6.07) is 36.5. The van der Waals surface area contributed by atoms with Crippen LogP contribution < -0.4 is 0 Å². The van der Waals surface area contributed by atoms with Gasteiger partial charge >= 0.3 is 11.9 Å². The van der Waals surface area contributed by atoms with Crippen LogP contribution in [0.4, 0.5) is 0 Å². The first kappa shape index (κ1) is 23.6. The number of carboxylic acids is 2. The fourth-order valence-corrected chi connectivity index (χ4v) is 7.01. The van der Waals surface area contributed by atoms with Gasteiger partial charge in [-0.25, -0.2) is 0 Å². The average Bonchev–Trinajstić information content (AvgIpc) is 2.99. The Hall–Kier alpha value is -5.22. The van der Waals surface area contributed by atoms with Gasteiger partial charge in [0.2, 0.25) is 0 Å². The molecule has 0 heterocycles. The highest BCUT2D eigenvalue weighted by atomic mass is 16.4. The van der Waals surface area contributed by atoms with Crippen LogP contribution in [-0.2, 0) is 22.4 Å². The Morgan fingerprint density at radius 1 is 0.439 bits per heavy atom. The van der Waals surface area contributed by atoms with Crippen molar-refractivity contribution in [3.8, 4) is 0 Å². The van der Waals surface area contributed by atoms with E-state index in [0.717, 1.165) is 75.8 Å². The maximum Gasteiger partial charge on any atom is 0.321 e. The Bertz CT molecular complexity index is 2130. The number of carbonyl (C=O) groups is 2. The van der Waals surface area contributed by atoms with Gasteiger partial charge in [0.25, 0.3) is 0 Å². The lowest BCUT2D eigenvalue weighted by Crippen LogP contribution is -2.43. The summed E-state index contributed by atoms with van der Waals surface area (Å²) >= 11 is 0. The van der Waals surface area contributed by atoms with Crippen molar-refractivity contribution >= 4 is 76.6 Å². The van der Waals surface area contributed by atoms with Crippen LogP contribution in [0.15, 0.2) is 109 Å². The second-order valence-corrected chi connectivity index (χ2v) is 11.2. The van der Waals surface area contributed by atoms with Gasteiger partial charge in [0, 0.05) is 12.8 Å². The second kappa shape index (κ2) is 8.39. The topological polar surface area (TPSA) is 74.6 Å². The Kier molecular flexibility index (Phi) is 4.84. The van der Waals surface area contributed by atoms with Crippen molar-refractivity contribution in [2.24, 2.45) is 5.41 Å². The third-order valence-corrected chi connectivity index (χ3v) is 9.04. The van der Waals surface area contributed by atoms with E-state index in [-0.39, 0.29) is 12.8 Å². The molecular formula is C37H24O4. The third kappa shape index (κ3) is 3.28. The largest absolute Gasteiger partial charge is 0.480 e. The van der Waals surface area contributed by atoms with Gasteiger partial charge in [-0.05, 0) is 75.8 Å². The molecule has 0 aliphatic heterocycles. The molecule has 0 bridgehead atoms. The van der Waals surface area contributed by atoms with E-state index in [1.807, 2.05) is 60.7 Å². The van der Waals surface area contributed by atoms with Crippen molar-refractivity contribution < 1.29 is 19.8 Å². The lowest BCUT2D eigenvalue weighted by molar-refractivity contribution is -0.164. The minimum absolute atomic E-state index is 0.131. The van der Waals surface area contributed by atoms with E-state index in [9.17, 15) is 19.8 Å². The van der Waals surface area contributed by atoms with Gasteiger partial charge in [-0.1, -0.05) is 109 Å². The number of rotatable bonds is 6. The molecule has 41 heavy (non-hydrogen) atoms. The maximum atomic E-state index is 13.0. The number of hydrogen-bond acceptors (Lipinski definition) is 2.